The Labute approximate surface area is 175 Å². The SMILES string of the molecule is NCC[C@H](Oc1ccc(C(F)(F)F)cc1)c1ccccc1.O=C(O)[C@H](O)[C@@H](O)C(=O)O. The predicted octanol–water partition coefficient (Wildman–Crippen LogP) is 2.05. The van der Waals surface area contributed by atoms with Crippen molar-refractivity contribution in [2.24, 2.45) is 5.73 Å². The van der Waals surface area contributed by atoms with E-state index in [0.717, 1.165) is 17.7 Å². The summed E-state index contributed by atoms with van der Waals surface area (Å²) >= 11 is 0. The summed E-state index contributed by atoms with van der Waals surface area (Å²) in [5.74, 6) is -3.14. The molecule has 2 aromatic carbocycles. The number of halogens is 3. The second kappa shape index (κ2) is 11.9. The largest absolute Gasteiger partial charge is 0.486 e. The molecule has 170 valence electrons. The molecule has 0 aliphatic carbocycles. The van der Waals surface area contributed by atoms with E-state index < -0.39 is 35.9 Å². The summed E-state index contributed by atoms with van der Waals surface area (Å²) in [7, 11) is 0. The average Bonchev–Trinajstić information content (AvgIpc) is 2.73. The van der Waals surface area contributed by atoms with Crippen LogP contribution in [-0.4, -0.2) is 51.1 Å². The van der Waals surface area contributed by atoms with Crippen LogP contribution in [0.4, 0.5) is 13.2 Å². The van der Waals surface area contributed by atoms with Gasteiger partial charge in [0, 0.05) is 6.42 Å². The van der Waals surface area contributed by atoms with E-state index in [4.69, 9.17) is 30.9 Å². The molecule has 31 heavy (non-hydrogen) atoms. The molecule has 0 aliphatic rings. The molecule has 2 rings (SSSR count). The van der Waals surface area contributed by atoms with Crippen molar-refractivity contribution < 1.29 is 47.9 Å². The Hall–Kier alpha value is -3.15. The van der Waals surface area contributed by atoms with E-state index in [2.05, 4.69) is 0 Å². The molecule has 0 bridgehead atoms. The molecule has 0 spiro atoms. The van der Waals surface area contributed by atoms with Gasteiger partial charge >= 0.3 is 18.1 Å². The molecule has 0 heterocycles. The van der Waals surface area contributed by atoms with E-state index in [-0.39, 0.29) is 6.10 Å². The van der Waals surface area contributed by atoms with Crippen LogP contribution in [0.25, 0.3) is 0 Å². The Kier molecular flexibility index (Phi) is 9.93. The van der Waals surface area contributed by atoms with Gasteiger partial charge in [0.2, 0.25) is 0 Å². The maximum absolute atomic E-state index is 12.5. The summed E-state index contributed by atoms with van der Waals surface area (Å²) in [6, 6.07) is 14.2. The van der Waals surface area contributed by atoms with Crippen molar-refractivity contribution in [3.63, 3.8) is 0 Å². The molecular weight excluding hydrogens is 423 g/mol. The molecule has 0 radical (unpaired) electrons. The first-order valence-electron chi connectivity index (χ1n) is 8.88. The summed E-state index contributed by atoms with van der Waals surface area (Å²) in [5, 5.41) is 32.5. The van der Waals surface area contributed by atoms with Crippen LogP contribution < -0.4 is 10.5 Å². The molecule has 0 saturated carbocycles. The number of nitrogens with two attached hydrogens (primary N) is 1. The Morgan fingerprint density at radius 2 is 1.39 bits per heavy atom. The minimum Gasteiger partial charge on any atom is -0.486 e. The quantitative estimate of drug-likeness (QED) is 0.414. The highest BCUT2D eigenvalue weighted by molar-refractivity contribution is 5.83. The summed E-state index contributed by atoms with van der Waals surface area (Å²) in [4.78, 5) is 19.5. The fourth-order valence-electron chi connectivity index (χ4n) is 2.27. The van der Waals surface area contributed by atoms with Crippen LogP contribution in [0.5, 0.6) is 5.75 Å². The molecule has 2 aromatic rings. The van der Waals surface area contributed by atoms with Crippen molar-refractivity contribution >= 4 is 11.9 Å². The predicted molar refractivity (Wildman–Crippen MR) is 102 cm³/mol. The summed E-state index contributed by atoms with van der Waals surface area (Å²) in [6.07, 6.45) is -8.55. The Morgan fingerprint density at radius 3 is 1.77 bits per heavy atom. The highest BCUT2D eigenvalue weighted by Crippen LogP contribution is 2.31. The topological polar surface area (TPSA) is 150 Å². The standard InChI is InChI=1S/C16H16F3NO.C4H6O6/c17-16(18,19)13-6-8-14(9-7-13)21-15(10-11-20)12-4-2-1-3-5-12;5-1(3(7)8)2(6)4(9)10/h1-9,15H,10-11,20H2;1-2,5-6H,(H,7,8)(H,9,10)/t15-;1-,2-/m01/s1. The minimum absolute atomic E-state index is 0.270. The van der Waals surface area contributed by atoms with Gasteiger partial charge in [-0.05, 0) is 36.4 Å². The van der Waals surface area contributed by atoms with Gasteiger partial charge in [-0.1, -0.05) is 30.3 Å². The molecule has 0 aliphatic heterocycles. The first-order valence-corrected chi connectivity index (χ1v) is 8.88. The number of benzene rings is 2. The van der Waals surface area contributed by atoms with Gasteiger partial charge in [-0.25, -0.2) is 9.59 Å². The third-order valence-electron chi connectivity index (χ3n) is 3.87. The van der Waals surface area contributed by atoms with Crippen molar-refractivity contribution in [3.8, 4) is 5.75 Å². The highest BCUT2D eigenvalue weighted by atomic mass is 19.4. The Bertz CT molecular complexity index is 811. The summed E-state index contributed by atoms with van der Waals surface area (Å²) in [5.41, 5.74) is 5.83. The lowest BCUT2D eigenvalue weighted by molar-refractivity contribution is -0.165. The van der Waals surface area contributed by atoms with Crippen molar-refractivity contribution in [2.75, 3.05) is 6.54 Å². The zero-order valence-corrected chi connectivity index (χ0v) is 16.1. The lowest BCUT2D eigenvalue weighted by atomic mass is 10.1. The van der Waals surface area contributed by atoms with Crippen LogP contribution in [0, 0.1) is 0 Å². The smallest absolute Gasteiger partial charge is 0.416 e. The molecule has 0 saturated heterocycles. The van der Waals surface area contributed by atoms with Gasteiger partial charge in [0.05, 0.1) is 5.56 Å². The van der Waals surface area contributed by atoms with Crippen molar-refractivity contribution in [1.29, 1.82) is 0 Å². The van der Waals surface area contributed by atoms with Gasteiger partial charge in [-0.2, -0.15) is 13.2 Å². The Balaban J connectivity index is 0.000000407. The molecule has 11 heteroatoms. The first-order chi connectivity index (χ1) is 14.5. The normalized spacial score (nSPS) is 13.9. The van der Waals surface area contributed by atoms with Gasteiger partial charge in [0.1, 0.15) is 11.9 Å². The minimum atomic E-state index is -4.34. The van der Waals surface area contributed by atoms with E-state index in [1.807, 2.05) is 30.3 Å². The number of aliphatic hydroxyl groups excluding tert-OH is 2. The number of alkyl halides is 3. The number of aliphatic carboxylic acids is 2. The van der Waals surface area contributed by atoms with E-state index in [1.165, 1.54) is 12.1 Å². The first kappa shape index (κ1) is 25.9. The van der Waals surface area contributed by atoms with Crippen LogP contribution >= 0.6 is 0 Å². The number of carbonyl (C=O) groups is 2. The fraction of sp³-hybridized carbons (Fsp3) is 0.300. The fourth-order valence-corrected chi connectivity index (χ4v) is 2.27. The zero-order chi connectivity index (χ0) is 23.6. The number of hydrogen-bond donors (Lipinski definition) is 5. The van der Waals surface area contributed by atoms with Crippen molar-refractivity contribution in [2.45, 2.75) is 30.9 Å². The van der Waals surface area contributed by atoms with E-state index in [0.29, 0.717) is 18.7 Å². The average molecular weight is 445 g/mol. The second-order valence-electron chi connectivity index (χ2n) is 6.18. The van der Waals surface area contributed by atoms with E-state index in [1.54, 1.807) is 0 Å². The summed E-state index contributed by atoms with van der Waals surface area (Å²) in [6.45, 7) is 0.431. The van der Waals surface area contributed by atoms with E-state index in [9.17, 15) is 22.8 Å². The molecule has 3 atom stereocenters. The molecule has 0 unspecified atom stereocenters. The van der Waals surface area contributed by atoms with Gasteiger partial charge in [-0.15, -0.1) is 0 Å². The van der Waals surface area contributed by atoms with Gasteiger partial charge in [0.15, 0.2) is 12.2 Å². The maximum Gasteiger partial charge on any atom is 0.416 e. The number of rotatable bonds is 8. The second-order valence-corrected chi connectivity index (χ2v) is 6.18. The lowest BCUT2D eigenvalue weighted by Gasteiger charge is -2.19. The maximum atomic E-state index is 12.5. The van der Waals surface area contributed by atoms with Crippen LogP contribution in [0.2, 0.25) is 0 Å². The highest BCUT2D eigenvalue weighted by Gasteiger charge is 2.30. The number of ether oxygens (including phenoxy) is 1. The monoisotopic (exact) mass is 445 g/mol. The number of carboxylic acids is 2. The molecule has 0 amide bonds. The van der Waals surface area contributed by atoms with Crippen LogP contribution in [0.15, 0.2) is 54.6 Å². The van der Waals surface area contributed by atoms with E-state index >= 15 is 0 Å². The number of aliphatic hydroxyl groups is 2. The molecule has 6 N–H and O–H groups in total. The third kappa shape index (κ3) is 8.62. The van der Waals surface area contributed by atoms with Crippen LogP contribution in [-0.2, 0) is 15.8 Å². The molecule has 0 fully saturated rings. The van der Waals surface area contributed by atoms with Crippen LogP contribution in [0.3, 0.4) is 0 Å². The molecule has 0 aromatic heterocycles. The third-order valence-corrected chi connectivity index (χ3v) is 3.87. The summed E-state index contributed by atoms with van der Waals surface area (Å²) < 4.78 is 43.3. The van der Waals surface area contributed by atoms with Gasteiger partial charge < -0.3 is 30.9 Å². The lowest BCUT2D eigenvalue weighted by Crippen LogP contribution is -2.39. The van der Waals surface area contributed by atoms with Gasteiger partial charge in [0.25, 0.3) is 0 Å². The molecule has 8 nitrogen and oxygen atoms in total. The zero-order valence-electron chi connectivity index (χ0n) is 16.1. The van der Waals surface area contributed by atoms with Gasteiger partial charge in [-0.3, -0.25) is 0 Å². The molecular formula is C20H22F3NO7. The Morgan fingerprint density at radius 1 is 0.903 bits per heavy atom. The van der Waals surface area contributed by atoms with Crippen molar-refractivity contribution in [3.05, 3.63) is 65.7 Å². The van der Waals surface area contributed by atoms with Crippen LogP contribution in [0.1, 0.15) is 23.7 Å². The number of carboxylic acid groups (broad SMARTS) is 2. The number of hydrogen-bond acceptors (Lipinski definition) is 6. The van der Waals surface area contributed by atoms with Crippen molar-refractivity contribution in [1.82, 2.24) is 0 Å².